The summed E-state index contributed by atoms with van der Waals surface area (Å²) in [4.78, 5) is 2.28. The molecule has 0 spiro atoms. The van der Waals surface area contributed by atoms with Crippen LogP contribution in [0.5, 0.6) is 0 Å². The van der Waals surface area contributed by atoms with Crippen LogP contribution in [0, 0.1) is 6.92 Å². The van der Waals surface area contributed by atoms with Crippen LogP contribution < -0.4 is 0 Å². The molecule has 1 atom stereocenters. The van der Waals surface area contributed by atoms with Gasteiger partial charge < -0.3 is 5.11 Å². The van der Waals surface area contributed by atoms with Crippen LogP contribution in [0.15, 0.2) is 4.47 Å². The molecule has 2 rings (SSSR count). The van der Waals surface area contributed by atoms with Crippen molar-refractivity contribution in [1.82, 2.24) is 14.7 Å². The van der Waals surface area contributed by atoms with E-state index in [1.54, 1.807) is 0 Å². The zero-order valence-corrected chi connectivity index (χ0v) is 11.4. The molecule has 0 radical (unpaired) electrons. The number of hydrogen-bond acceptors (Lipinski definition) is 3. The van der Waals surface area contributed by atoms with Crippen molar-refractivity contribution in [3.05, 3.63) is 15.9 Å². The molecule has 0 aliphatic carbocycles. The quantitative estimate of drug-likeness (QED) is 0.917. The number of nitrogens with zero attached hydrogens (tertiary/aromatic N) is 3. The van der Waals surface area contributed by atoms with E-state index in [4.69, 9.17) is 0 Å². The number of aliphatic hydroxyl groups is 1. The van der Waals surface area contributed by atoms with E-state index in [-0.39, 0.29) is 6.10 Å². The average molecular weight is 288 g/mol. The van der Waals surface area contributed by atoms with E-state index in [1.165, 1.54) is 5.69 Å². The molecule has 4 nitrogen and oxygen atoms in total. The molecule has 2 heterocycles. The zero-order valence-electron chi connectivity index (χ0n) is 9.78. The molecule has 1 fully saturated rings. The van der Waals surface area contributed by atoms with E-state index in [9.17, 15) is 5.11 Å². The van der Waals surface area contributed by atoms with Gasteiger partial charge in [-0.25, -0.2) is 0 Å². The van der Waals surface area contributed by atoms with Gasteiger partial charge >= 0.3 is 0 Å². The number of likely N-dealkylation sites (tertiary alicyclic amines) is 1. The first-order valence-corrected chi connectivity index (χ1v) is 6.53. The Morgan fingerprint density at radius 3 is 2.88 bits per heavy atom. The van der Waals surface area contributed by atoms with Gasteiger partial charge in [-0.05, 0) is 36.2 Å². The zero-order chi connectivity index (χ0) is 11.7. The maximum Gasteiger partial charge on any atom is 0.0739 e. The minimum Gasteiger partial charge on any atom is -0.392 e. The molecule has 1 N–H and O–H groups in total. The lowest BCUT2D eigenvalue weighted by Gasteiger charge is -2.15. The van der Waals surface area contributed by atoms with Crippen molar-refractivity contribution in [2.24, 2.45) is 0 Å². The standard InChI is InChI=1S/C11H18BrN3O/c1-3-15-10(11(12)8(2)13-15)7-14-5-4-9(16)6-14/h9,16H,3-7H2,1-2H3. The van der Waals surface area contributed by atoms with Crippen LogP contribution in [-0.2, 0) is 13.1 Å². The Kier molecular flexibility index (Phi) is 3.66. The predicted molar refractivity (Wildman–Crippen MR) is 66.2 cm³/mol. The summed E-state index contributed by atoms with van der Waals surface area (Å²) < 4.78 is 3.14. The second-order valence-electron chi connectivity index (χ2n) is 4.34. The van der Waals surface area contributed by atoms with Crippen LogP contribution in [-0.4, -0.2) is 39.0 Å². The van der Waals surface area contributed by atoms with Gasteiger partial charge in [0.2, 0.25) is 0 Å². The topological polar surface area (TPSA) is 41.3 Å². The minimum absolute atomic E-state index is 0.155. The molecular weight excluding hydrogens is 270 g/mol. The first-order chi connectivity index (χ1) is 7.61. The van der Waals surface area contributed by atoms with Crippen LogP contribution in [0.1, 0.15) is 24.7 Å². The fraction of sp³-hybridized carbons (Fsp3) is 0.727. The van der Waals surface area contributed by atoms with E-state index in [0.29, 0.717) is 0 Å². The Morgan fingerprint density at radius 2 is 2.31 bits per heavy atom. The van der Waals surface area contributed by atoms with Crippen molar-refractivity contribution in [2.45, 2.75) is 39.5 Å². The highest BCUT2D eigenvalue weighted by Gasteiger charge is 2.23. The van der Waals surface area contributed by atoms with Gasteiger partial charge in [0.25, 0.3) is 0 Å². The van der Waals surface area contributed by atoms with Crippen molar-refractivity contribution < 1.29 is 5.11 Å². The smallest absolute Gasteiger partial charge is 0.0739 e. The number of aryl methyl sites for hydroxylation is 2. The Labute approximate surface area is 104 Å². The van der Waals surface area contributed by atoms with Gasteiger partial charge in [-0.3, -0.25) is 9.58 Å². The van der Waals surface area contributed by atoms with Crippen LogP contribution in [0.2, 0.25) is 0 Å². The van der Waals surface area contributed by atoms with Crippen molar-refractivity contribution in [3.8, 4) is 0 Å². The highest BCUT2D eigenvalue weighted by molar-refractivity contribution is 9.10. The van der Waals surface area contributed by atoms with Gasteiger partial charge in [0.05, 0.1) is 22.0 Å². The summed E-state index contributed by atoms with van der Waals surface area (Å²) in [5.74, 6) is 0. The number of β-amino-alcohol motifs (C(OH)–C–C–N with tert-alkyl or cyclic N) is 1. The monoisotopic (exact) mass is 287 g/mol. The second kappa shape index (κ2) is 4.85. The molecule has 0 saturated carbocycles. The van der Waals surface area contributed by atoms with Crippen LogP contribution in [0.25, 0.3) is 0 Å². The van der Waals surface area contributed by atoms with Crippen molar-refractivity contribution in [1.29, 1.82) is 0 Å². The normalized spacial score (nSPS) is 21.9. The summed E-state index contributed by atoms with van der Waals surface area (Å²) in [5, 5.41) is 14.0. The fourth-order valence-corrected chi connectivity index (χ4v) is 2.60. The summed E-state index contributed by atoms with van der Waals surface area (Å²) in [7, 11) is 0. The van der Waals surface area contributed by atoms with E-state index in [0.717, 1.165) is 42.8 Å². The number of rotatable bonds is 3. The lowest BCUT2D eigenvalue weighted by atomic mass is 10.3. The average Bonchev–Trinajstić information content (AvgIpc) is 2.77. The number of aromatic nitrogens is 2. The van der Waals surface area contributed by atoms with Crippen molar-refractivity contribution >= 4 is 15.9 Å². The van der Waals surface area contributed by atoms with Gasteiger partial charge in [-0.2, -0.15) is 5.10 Å². The summed E-state index contributed by atoms with van der Waals surface area (Å²) in [5.41, 5.74) is 2.26. The molecule has 16 heavy (non-hydrogen) atoms. The summed E-state index contributed by atoms with van der Waals surface area (Å²) in [6, 6.07) is 0. The van der Waals surface area contributed by atoms with Gasteiger partial charge in [0, 0.05) is 26.2 Å². The van der Waals surface area contributed by atoms with Crippen LogP contribution >= 0.6 is 15.9 Å². The Balaban J connectivity index is 2.14. The molecule has 1 aliphatic rings. The molecule has 1 aromatic rings. The number of aliphatic hydroxyl groups excluding tert-OH is 1. The Morgan fingerprint density at radius 1 is 1.56 bits per heavy atom. The summed E-state index contributed by atoms with van der Waals surface area (Å²) in [6.45, 7) is 7.62. The van der Waals surface area contributed by atoms with E-state index >= 15 is 0 Å². The highest BCUT2D eigenvalue weighted by Crippen LogP contribution is 2.23. The number of hydrogen-bond donors (Lipinski definition) is 1. The lowest BCUT2D eigenvalue weighted by molar-refractivity contribution is 0.173. The molecule has 90 valence electrons. The van der Waals surface area contributed by atoms with Gasteiger partial charge in [-0.1, -0.05) is 0 Å². The third-order valence-corrected chi connectivity index (χ3v) is 4.11. The fourth-order valence-electron chi connectivity index (χ4n) is 2.19. The minimum atomic E-state index is -0.155. The lowest BCUT2D eigenvalue weighted by Crippen LogP contribution is -2.23. The largest absolute Gasteiger partial charge is 0.392 e. The molecule has 0 bridgehead atoms. The van der Waals surface area contributed by atoms with Crippen LogP contribution in [0.4, 0.5) is 0 Å². The SMILES string of the molecule is CCn1nc(C)c(Br)c1CN1CCC(O)C1. The molecule has 0 amide bonds. The molecule has 1 saturated heterocycles. The third kappa shape index (κ3) is 2.31. The molecular formula is C11H18BrN3O. The second-order valence-corrected chi connectivity index (χ2v) is 5.13. The molecule has 1 aromatic heterocycles. The predicted octanol–water partition coefficient (Wildman–Crippen LogP) is 1.54. The first kappa shape index (κ1) is 12.1. The Bertz CT molecular complexity index is 378. The van der Waals surface area contributed by atoms with Crippen molar-refractivity contribution in [3.63, 3.8) is 0 Å². The van der Waals surface area contributed by atoms with E-state index < -0.39 is 0 Å². The third-order valence-electron chi connectivity index (χ3n) is 3.07. The van der Waals surface area contributed by atoms with Crippen LogP contribution in [0.3, 0.4) is 0 Å². The first-order valence-electron chi connectivity index (χ1n) is 5.74. The molecule has 1 aliphatic heterocycles. The molecule has 0 aromatic carbocycles. The highest BCUT2D eigenvalue weighted by atomic mass is 79.9. The molecule has 1 unspecified atom stereocenters. The van der Waals surface area contributed by atoms with Gasteiger partial charge in [0.15, 0.2) is 0 Å². The maximum atomic E-state index is 9.50. The summed E-state index contributed by atoms with van der Waals surface area (Å²) >= 11 is 3.59. The Hall–Kier alpha value is -0.390. The van der Waals surface area contributed by atoms with Crippen molar-refractivity contribution in [2.75, 3.05) is 13.1 Å². The van der Waals surface area contributed by atoms with E-state index in [1.807, 2.05) is 11.6 Å². The number of halogens is 1. The van der Waals surface area contributed by atoms with Gasteiger partial charge in [-0.15, -0.1) is 0 Å². The maximum absolute atomic E-state index is 9.50. The van der Waals surface area contributed by atoms with E-state index in [2.05, 4.69) is 32.9 Å². The van der Waals surface area contributed by atoms with Gasteiger partial charge in [0.1, 0.15) is 0 Å². The molecule has 5 heteroatoms. The summed E-state index contributed by atoms with van der Waals surface area (Å²) in [6.07, 6.45) is 0.731.